The van der Waals surface area contributed by atoms with Crippen LogP contribution in [0.4, 0.5) is 4.79 Å². The SMILES string of the molecule is CC(C)(C)OC(=O)n1ccc(OCC2C(C)(C)C2(C)C)n1.CC1(C)C(COc2ccn[nH]2)C1(C)C.[Na+].[OH-]. The van der Waals surface area contributed by atoms with Crippen molar-refractivity contribution in [3.05, 3.63) is 24.5 Å². The van der Waals surface area contributed by atoms with Gasteiger partial charge in [-0.2, -0.15) is 9.78 Å². The minimum atomic E-state index is -0.536. The van der Waals surface area contributed by atoms with E-state index in [9.17, 15) is 4.79 Å². The van der Waals surface area contributed by atoms with Crippen LogP contribution in [0, 0.1) is 33.5 Å². The Morgan fingerprint density at radius 1 is 0.919 bits per heavy atom. The maximum absolute atomic E-state index is 11.9. The summed E-state index contributed by atoms with van der Waals surface area (Å²) in [6, 6.07) is 3.54. The molecule has 2 aromatic heterocycles. The number of aromatic nitrogens is 4. The van der Waals surface area contributed by atoms with Gasteiger partial charge in [0.05, 0.1) is 19.4 Å². The molecule has 0 radical (unpaired) electrons. The van der Waals surface area contributed by atoms with E-state index >= 15 is 0 Å². The van der Waals surface area contributed by atoms with E-state index in [0.29, 0.717) is 35.2 Å². The van der Waals surface area contributed by atoms with Crippen LogP contribution in [0.5, 0.6) is 11.8 Å². The zero-order chi connectivity index (χ0) is 26.4. The maximum Gasteiger partial charge on any atom is 1.00 e. The first kappa shape index (κ1) is 33.5. The number of rotatable bonds is 6. The Labute approximate surface area is 244 Å². The quantitative estimate of drug-likeness (QED) is 0.572. The Hall–Kier alpha value is -1.55. The molecule has 0 aromatic carbocycles. The summed E-state index contributed by atoms with van der Waals surface area (Å²) in [5.41, 5.74) is 0.813. The fourth-order valence-corrected chi connectivity index (χ4v) is 4.96. The van der Waals surface area contributed by atoms with Gasteiger partial charge in [-0.1, -0.05) is 55.4 Å². The molecular formula is C27H45N4NaO5. The zero-order valence-corrected chi connectivity index (χ0v) is 26.8. The minimum Gasteiger partial charge on any atom is -0.870 e. The van der Waals surface area contributed by atoms with Gasteiger partial charge in [0.25, 0.3) is 0 Å². The third kappa shape index (κ3) is 7.11. The van der Waals surface area contributed by atoms with Crippen LogP contribution in [0.2, 0.25) is 0 Å². The molecule has 2 aliphatic rings. The summed E-state index contributed by atoms with van der Waals surface area (Å²) in [5.74, 6) is 2.36. The number of ether oxygens (including phenoxy) is 3. The predicted molar refractivity (Wildman–Crippen MR) is 137 cm³/mol. The van der Waals surface area contributed by atoms with Crippen LogP contribution < -0.4 is 39.0 Å². The predicted octanol–water partition coefficient (Wildman–Crippen LogP) is 3.03. The molecule has 0 bridgehead atoms. The molecule has 0 aliphatic heterocycles. The molecule has 2 aliphatic carbocycles. The molecule has 2 heterocycles. The van der Waals surface area contributed by atoms with E-state index in [-0.39, 0.29) is 45.9 Å². The molecule has 9 nitrogen and oxygen atoms in total. The van der Waals surface area contributed by atoms with E-state index in [4.69, 9.17) is 14.2 Å². The van der Waals surface area contributed by atoms with Crippen molar-refractivity contribution in [2.24, 2.45) is 33.5 Å². The van der Waals surface area contributed by atoms with Crippen LogP contribution in [0.3, 0.4) is 0 Å². The normalized spacial score (nSPS) is 20.3. The Morgan fingerprint density at radius 3 is 1.81 bits per heavy atom. The smallest absolute Gasteiger partial charge is 0.870 e. The monoisotopic (exact) mass is 528 g/mol. The van der Waals surface area contributed by atoms with E-state index in [0.717, 1.165) is 12.5 Å². The molecule has 0 saturated heterocycles. The van der Waals surface area contributed by atoms with E-state index in [1.54, 1.807) is 18.5 Å². The molecule has 0 spiro atoms. The van der Waals surface area contributed by atoms with E-state index in [1.807, 2.05) is 26.8 Å². The van der Waals surface area contributed by atoms with Crippen molar-refractivity contribution in [3.63, 3.8) is 0 Å². The molecule has 10 heteroatoms. The largest absolute Gasteiger partial charge is 1.00 e. The number of carbonyl (C=O) groups excluding carboxylic acids is 1. The summed E-state index contributed by atoms with van der Waals surface area (Å²) in [6.07, 6.45) is 2.77. The first-order chi connectivity index (χ1) is 15.9. The number of hydrogen-bond acceptors (Lipinski definition) is 7. The summed E-state index contributed by atoms with van der Waals surface area (Å²) < 4.78 is 17.8. The fourth-order valence-electron chi connectivity index (χ4n) is 4.96. The standard InChI is InChI=1S/C16H26N2O3.C11H18N2O.Na.H2O/c1-14(2,3)21-13(19)18-9-8-12(17-18)20-10-11-15(4,5)16(11,6)7;1-10(2)8(11(10,3)4)7-14-9-5-6-12-13-9;;/h8-9,11H,10H2,1-7H3;5-6,8H,7H2,1-4H3,(H,12,13);;1H2/q;;+1;/p-1. The number of hydrogen-bond donors (Lipinski definition) is 1. The van der Waals surface area contributed by atoms with E-state index < -0.39 is 11.7 Å². The van der Waals surface area contributed by atoms with Crippen LogP contribution >= 0.6 is 0 Å². The van der Waals surface area contributed by atoms with Gasteiger partial charge in [0, 0.05) is 30.2 Å². The van der Waals surface area contributed by atoms with Crippen LogP contribution in [-0.2, 0) is 4.74 Å². The Balaban J connectivity index is 0.000000375. The molecule has 204 valence electrons. The van der Waals surface area contributed by atoms with Crippen molar-refractivity contribution >= 4 is 6.09 Å². The van der Waals surface area contributed by atoms with Crippen molar-refractivity contribution in [2.45, 2.75) is 81.8 Å². The molecule has 4 rings (SSSR count). The van der Waals surface area contributed by atoms with Gasteiger partial charge in [-0.3, -0.25) is 0 Å². The van der Waals surface area contributed by atoms with Crippen LogP contribution in [0.1, 0.15) is 76.2 Å². The summed E-state index contributed by atoms with van der Waals surface area (Å²) in [4.78, 5) is 11.9. The van der Waals surface area contributed by atoms with Gasteiger partial charge in [0.1, 0.15) is 5.60 Å². The number of carbonyl (C=O) groups is 1. The van der Waals surface area contributed by atoms with Gasteiger partial charge in [0.15, 0.2) is 0 Å². The van der Waals surface area contributed by atoms with Crippen molar-refractivity contribution < 1.29 is 54.0 Å². The fraction of sp³-hybridized carbons (Fsp3) is 0.741. The van der Waals surface area contributed by atoms with Gasteiger partial charge in [-0.05, 0) is 42.4 Å². The van der Waals surface area contributed by atoms with Crippen molar-refractivity contribution in [1.29, 1.82) is 0 Å². The first-order valence-corrected chi connectivity index (χ1v) is 12.5. The molecule has 37 heavy (non-hydrogen) atoms. The van der Waals surface area contributed by atoms with Gasteiger partial charge in [-0.25, -0.2) is 9.89 Å². The van der Waals surface area contributed by atoms with Crippen LogP contribution in [-0.4, -0.2) is 50.4 Å². The second-order valence-corrected chi connectivity index (χ2v) is 13.1. The van der Waals surface area contributed by atoms with Gasteiger partial charge >= 0.3 is 35.7 Å². The zero-order valence-electron chi connectivity index (χ0n) is 24.8. The number of nitrogens with zero attached hydrogens (tertiary/aromatic N) is 3. The average molecular weight is 529 g/mol. The first-order valence-electron chi connectivity index (χ1n) is 12.5. The average Bonchev–Trinajstić information content (AvgIpc) is 3.21. The molecule has 2 N–H and O–H groups in total. The summed E-state index contributed by atoms with van der Waals surface area (Å²) in [7, 11) is 0. The maximum atomic E-state index is 11.9. The number of aromatic amines is 1. The Morgan fingerprint density at radius 2 is 1.41 bits per heavy atom. The molecule has 2 aromatic rings. The second kappa shape index (κ2) is 11.3. The number of nitrogens with one attached hydrogen (secondary N) is 1. The topological polar surface area (TPSA) is 121 Å². The second-order valence-electron chi connectivity index (χ2n) is 13.1. The van der Waals surface area contributed by atoms with Crippen LogP contribution in [0.25, 0.3) is 0 Å². The molecule has 2 saturated carbocycles. The van der Waals surface area contributed by atoms with Gasteiger partial charge in [0.2, 0.25) is 11.8 Å². The van der Waals surface area contributed by atoms with Crippen molar-refractivity contribution in [2.75, 3.05) is 13.2 Å². The third-order valence-electron chi connectivity index (χ3n) is 9.06. The third-order valence-corrected chi connectivity index (χ3v) is 9.06. The van der Waals surface area contributed by atoms with Gasteiger partial charge in [-0.15, -0.1) is 5.10 Å². The molecule has 2 fully saturated rings. The van der Waals surface area contributed by atoms with E-state index in [2.05, 4.69) is 70.7 Å². The van der Waals surface area contributed by atoms with Crippen molar-refractivity contribution in [3.8, 4) is 11.8 Å². The minimum absolute atomic E-state index is 0. The molecule has 0 atom stereocenters. The number of H-pyrrole nitrogens is 1. The molecular weight excluding hydrogens is 483 g/mol. The van der Waals surface area contributed by atoms with Crippen LogP contribution in [0.15, 0.2) is 24.5 Å². The molecule has 0 amide bonds. The van der Waals surface area contributed by atoms with Gasteiger partial charge < -0.3 is 19.7 Å². The van der Waals surface area contributed by atoms with E-state index in [1.165, 1.54) is 4.68 Å². The summed E-state index contributed by atoms with van der Waals surface area (Å²) in [6.45, 7) is 25.1. The summed E-state index contributed by atoms with van der Waals surface area (Å²) >= 11 is 0. The molecule has 0 unspecified atom stereocenters. The summed E-state index contributed by atoms with van der Waals surface area (Å²) in [5, 5.41) is 10.8. The van der Waals surface area contributed by atoms with Crippen molar-refractivity contribution in [1.82, 2.24) is 20.0 Å². The Kier molecular flexibility index (Phi) is 10.2. The Bertz CT molecular complexity index is 994.